The number of benzene rings is 2. The number of carbonyl (C=O) groups is 1. The first kappa shape index (κ1) is 23.3. The Labute approximate surface area is 190 Å². The number of thioether (sulfide) groups is 1. The Bertz CT molecular complexity index is 1140. The third-order valence-corrected chi connectivity index (χ3v) is 7.16. The normalized spacial score (nSPS) is 12.5. The molecule has 3 aromatic rings. The minimum atomic E-state index is -3.85. The lowest BCUT2D eigenvalue weighted by Crippen LogP contribution is -2.32. The van der Waals surface area contributed by atoms with Crippen LogP contribution in [-0.4, -0.2) is 42.0 Å². The van der Waals surface area contributed by atoms with E-state index in [2.05, 4.69) is 19.7 Å². The van der Waals surface area contributed by atoms with E-state index in [1.807, 2.05) is 30.3 Å². The molecule has 1 heterocycles. The van der Waals surface area contributed by atoms with E-state index in [1.54, 1.807) is 11.6 Å². The smallest absolute Gasteiger partial charge is 0.316 e. The molecule has 0 bridgehead atoms. The molecule has 1 aromatic heterocycles. The molecule has 0 saturated carbocycles. The highest BCUT2D eigenvalue weighted by Gasteiger charge is 2.26. The molecule has 0 amide bonds. The number of hydrogen-bond donors (Lipinski definition) is 1. The number of nitrogens with one attached hydrogen (secondary N) is 1. The molecule has 2 aromatic carbocycles. The average Bonchev–Trinajstić information content (AvgIpc) is 3.12. The highest BCUT2D eigenvalue weighted by Crippen LogP contribution is 2.24. The van der Waals surface area contributed by atoms with Crippen LogP contribution in [0.3, 0.4) is 0 Å². The Morgan fingerprint density at radius 1 is 1.16 bits per heavy atom. The summed E-state index contributed by atoms with van der Waals surface area (Å²) in [6, 6.07) is 14.7. The first-order valence-corrected chi connectivity index (χ1v) is 12.1. The molecule has 1 N–H and O–H groups in total. The highest BCUT2D eigenvalue weighted by molar-refractivity contribution is 7.99. The molecular formula is C20H21ClN4O4S2. The second kappa shape index (κ2) is 10.3. The van der Waals surface area contributed by atoms with Crippen LogP contribution in [0, 0.1) is 0 Å². The minimum absolute atomic E-state index is 0.0718. The van der Waals surface area contributed by atoms with Gasteiger partial charge in [0.1, 0.15) is 0 Å². The van der Waals surface area contributed by atoms with Crippen LogP contribution in [0.25, 0.3) is 0 Å². The first-order chi connectivity index (χ1) is 14.8. The van der Waals surface area contributed by atoms with Gasteiger partial charge in [-0.3, -0.25) is 4.79 Å². The van der Waals surface area contributed by atoms with Crippen molar-refractivity contribution in [2.75, 3.05) is 12.9 Å². The summed E-state index contributed by atoms with van der Waals surface area (Å²) in [4.78, 5) is 11.5. The zero-order valence-electron chi connectivity index (χ0n) is 16.9. The summed E-state index contributed by atoms with van der Waals surface area (Å²) in [5.74, 6) is 0.107. The predicted octanol–water partition coefficient (Wildman–Crippen LogP) is 3.00. The Kier molecular flexibility index (Phi) is 7.71. The van der Waals surface area contributed by atoms with Gasteiger partial charge < -0.3 is 9.30 Å². The summed E-state index contributed by atoms with van der Waals surface area (Å²) in [5, 5.41) is 9.24. The molecule has 0 fully saturated rings. The molecule has 0 aliphatic rings. The SMILES string of the molecule is COC(=O)CSc1nnc([C@@H](Cc2ccccc2)NS(=O)(=O)c2ccc(Cl)cc2)n1C. The fourth-order valence-electron chi connectivity index (χ4n) is 2.84. The number of aromatic nitrogens is 3. The van der Waals surface area contributed by atoms with Gasteiger partial charge in [0.2, 0.25) is 10.0 Å². The van der Waals surface area contributed by atoms with Gasteiger partial charge >= 0.3 is 5.97 Å². The summed E-state index contributed by atoms with van der Waals surface area (Å²) in [6.45, 7) is 0. The number of methoxy groups -OCH3 is 1. The summed E-state index contributed by atoms with van der Waals surface area (Å²) < 4.78 is 35.1. The van der Waals surface area contributed by atoms with Crippen LogP contribution in [0.2, 0.25) is 5.02 Å². The molecule has 8 nitrogen and oxygen atoms in total. The molecule has 0 unspecified atom stereocenters. The van der Waals surface area contributed by atoms with E-state index in [1.165, 1.54) is 31.4 Å². The van der Waals surface area contributed by atoms with Crippen molar-refractivity contribution in [3.05, 3.63) is 71.0 Å². The number of hydrogen-bond acceptors (Lipinski definition) is 7. The molecule has 0 saturated heterocycles. The van der Waals surface area contributed by atoms with Crippen LogP contribution in [0.1, 0.15) is 17.4 Å². The summed E-state index contributed by atoms with van der Waals surface area (Å²) in [7, 11) is -0.815. The van der Waals surface area contributed by atoms with Gasteiger partial charge in [-0.2, -0.15) is 0 Å². The van der Waals surface area contributed by atoms with E-state index in [0.29, 0.717) is 22.4 Å². The van der Waals surface area contributed by atoms with E-state index in [9.17, 15) is 13.2 Å². The van der Waals surface area contributed by atoms with E-state index in [-0.39, 0.29) is 16.6 Å². The maximum absolute atomic E-state index is 13.0. The quantitative estimate of drug-likeness (QED) is 0.371. The number of esters is 1. The second-order valence-electron chi connectivity index (χ2n) is 6.58. The number of nitrogens with zero attached hydrogens (tertiary/aromatic N) is 3. The molecule has 11 heteroatoms. The molecule has 0 radical (unpaired) electrons. The zero-order chi connectivity index (χ0) is 22.4. The number of carbonyl (C=O) groups excluding carboxylic acids is 1. The lowest BCUT2D eigenvalue weighted by molar-refractivity contribution is -0.137. The van der Waals surface area contributed by atoms with E-state index < -0.39 is 16.1 Å². The van der Waals surface area contributed by atoms with Crippen molar-refractivity contribution in [1.82, 2.24) is 19.5 Å². The molecule has 0 aliphatic carbocycles. The summed E-state index contributed by atoms with van der Waals surface area (Å²) >= 11 is 7.05. The highest BCUT2D eigenvalue weighted by atomic mass is 35.5. The van der Waals surface area contributed by atoms with Crippen LogP contribution in [0.4, 0.5) is 0 Å². The van der Waals surface area contributed by atoms with Crippen LogP contribution >= 0.6 is 23.4 Å². The zero-order valence-corrected chi connectivity index (χ0v) is 19.2. The van der Waals surface area contributed by atoms with Crippen molar-refractivity contribution in [3.8, 4) is 0 Å². The maximum atomic E-state index is 13.0. The fraction of sp³-hybridized carbons (Fsp3) is 0.250. The fourth-order valence-corrected chi connectivity index (χ4v) is 4.91. The lowest BCUT2D eigenvalue weighted by Gasteiger charge is -2.18. The van der Waals surface area contributed by atoms with Crippen molar-refractivity contribution < 1.29 is 17.9 Å². The van der Waals surface area contributed by atoms with Crippen molar-refractivity contribution in [1.29, 1.82) is 0 Å². The Morgan fingerprint density at radius 2 is 1.84 bits per heavy atom. The van der Waals surface area contributed by atoms with Crippen LogP contribution in [-0.2, 0) is 33.0 Å². The van der Waals surface area contributed by atoms with Gasteiger partial charge in [-0.1, -0.05) is 53.7 Å². The maximum Gasteiger partial charge on any atom is 0.316 e. The third kappa shape index (κ3) is 6.07. The molecule has 1 atom stereocenters. The van der Waals surface area contributed by atoms with Gasteiger partial charge in [0, 0.05) is 12.1 Å². The lowest BCUT2D eigenvalue weighted by atomic mass is 10.1. The Morgan fingerprint density at radius 3 is 2.48 bits per heavy atom. The average molecular weight is 481 g/mol. The number of halogens is 1. The monoisotopic (exact) mass is 480 g/mol. The van der Waals surface area contributed by atoms with Crippen LogP contribution < -0.4 is 4.72 Å². The van der Waals surface area contributed by atoms with Gasteiger partial charge in [-0.15, -0.1) is 10.2 Å². The van der Waals surface area contributed by atoms with Crippen molar-refractivity contribution in [3.63, 3.8) is 0 Å². The van der Waals surface area contributed by atoms with Crippen molar-refractivity contribution in [2.24, 2.45) is 7.05 Å². The van der Waals surface area contributed by atoms with E-state index in [4.69, 9.17) is 11.6 Å². The third-order valence-electron chi connectivity index (χ3n) is 4.43. The largest absolute Gasteiger partial charge is 0.468 e. The van der Waals surface area contributed by atoms with Gasteiger partial charge in [-0.25, -0.2) is 13.1 Å². The van der Waals surface area contributed by atoms with Crippen LogP contribution in [0.5, 0.6) is 0 Å². The minimum Gasteiger partial charge on any atom is -0.468 e. The Balaban J connectivity index is 1.91. The number of ether oxygens (including phenoxy) is 1. The second-order valence-corrected chi connectivity index (χ2v) is 9.68. The van der Waals surface area contributed by atoms with Gasteiger partial charge in [-0.05, 0) is 36.2 Å². The van der Waals surface area contributed by atoms with E-state index >= 15 is 0 Å². The molecule has 3 rings (SSSR count). The van der Waals surface area contributed by atoms with Gasteiger partial charge in [0.05, 0.1) is 23.8 Å². The predicted molar refractivity (Wildman–Crippen MR) is 118 cm³/mol. The summed E-state index contributed by atoms with van der Waals surface area (Å²) in [5.41, 5.74) is 0.929. The number of sulfonamides is 1. The Hall–Kier alpha value is -2.40. The molecule has 0 spiro atoms. The van der Waals surface area contributed by atoms with E-state index in [0.717, 1.165) is 17.3 Å². The molecule has 0 aliphatic heterocycles. The summed E-state index contributed by atoms with van der Waals surface area (Å²) in [6.07, 6.45) is 0.362. The number of rotatable bonds is 9. The van der Waals surface area contributed by atoms with Crippen molar-refractivity contribution in [2.45, 2.75) is 22.5 Å². The van der Waals surface area contributed by atoms with Gasteiger partial charge in [0.25, 0.3) is 0 Å². The standard InChI is InChI=1S/C20H21ClN4O4S2/c1-25-19(22-23-20(25)30-13-18(26)29-2)17(12-14-6-4-3-5-7-14)24-31(27,28)16-10-8-15(21)9-11-16/h3-11,17,24H,12-13H2,1-2H3/t17-/m1/s1. The molecular weight excluding hydrogens is 460 g/mol. The van der Waals surface area contributed by atoms with Gasteiger partial charge in [0.15, 0.2) is 11.0 Å². The van der Waals surface area contributed by atoms with Crippen LogP contribution in [0.15, 0.2) is 64.6 Å². The van der Waals surface area contributed by atoms with Crippen molar-refractivity contribution >= 4 is 39.4 Å². The first-order valence-electron chi connectivity index (χ1n) is 9.21. The molecule has 164 valence electrons. The topological polar surface area (TPSA) is 103 Å². The molecule has 31 heavy (non-hydrogen) atoms.